The van der Waals surface area contributed by atoms with Crippen LogP contribution in [0.3, 0.4) is 0 Å². The van der Waals surface area contributed by atoms with Gasteiger partial charge in [0.2, 0.25) is 5.91 Å². The van der Waals surface area contributed by atoms with Gasteiger partial charge in [-0.25, -0.2) is 4.98 Å². The molecule has 2 N–H and O–H groups in total. The van der Waals surface area contributed by atoms with Crippen molar-refractivity contribution in [3.8, 4) is 0 Å². The van der Waals surface area contributed by atoms with Crippen LogP contribution in [-0.4, -0.2) is 68.3 Å². The van der Waals surface area contributed by atoms with Gasteiger partial charge in [-0.2, -0.15) is 0 Å². The third-order valence-electron chi connectivity index (χ3n) is 4.93. The molecular weight excluding hydrogens is 344 g/mol. The maximum Gasteiger partial charge on any atom is 0.253 e. The minimum Gasteiger partial charge on any atom is -0.348 e. The first-order valence-electron chi connectivity index (χ1n) is 9.34. The first-order chi connectivity index (χ1) is 13.1. The van der Waals surface area contributed by atoms with Gasteiger partial charge in [-0.05, 0) is 32.4 Å². The highest BCUT2D eigenvalue weighted by atomic mass is 16.2. The normalized spacial score (nSPS) is 19.8. The number of imidazole rings is 1. The first kappa shape index (κ1) is 19.0. The van der Waals surface area contributed by atoms with Crippen LogP contribution in [0.5, 0.6) is 0 Å². The van der Waals surface area contributed by atoms with E-state index >= 15 is 0 Å². The summed E-state index contributed by atoms with van der Waals surface area (Å²) in [5.74, 6) is 0.748. The molecule has 27 heavy (non-hydrogen) atoms. The van der Waals surface area contributed by atoms with E-state index in [2.05, 4.69) is 25.2 Å². The van der Waals surface area contributed by atoms with E-state index in [1.165, 1.54) is 0 Å². The third-order valence-corrected chi connectivity index (χ3v) is 4.93. The quantitative estimate of drug-likeness (QED) is 0.760. The molecule has 1 aliphatic rings. The molecule has 2 aromatic heterocycles. The highest BCUT2D eigenvalue weighted by Gasteiger charge is 2.39. The van der Waals surface area contributed by atoms with Crippen LogP contribution in [0, 0.1) is 0 Å². The van der Waals surface area contributed by atoms with E-state index in [4.69, 9.17) is 0 Å². The van der Waals surface area contributed by atoms with Crippen molar-refractivity contribution in [1.29, 1.82) is 0 Å². The Morgan fingerprint density at radius 1 is 1.33 bits per heavy atom. The van der Waals surface area contributed by atoms with Gasteiger partial charge in [0.15, 0.2) is 0 Å². The highest BCUT2D eigenvalue weighted by molar-refractivity contribution is 5.94. The van der Waals surface area contributed by atoms with Crippen molar-refractivity contribution < 1.29 is 9.59 Å². The van der Waals surface area contributed by atoms with Gasteiger partial charge in [0.05, 0.1) is 18.2 Å². The topological polar surface area (TPSA) is 94.2 Å². The summed E-state index contributed by atoms with van der Waals surface area (Å²) in [6.07, 6.45) is 7.24. The largest absolute Gasteiger partial charge is 0.348 e. The molecule has 3 rings (SSSR count). The lowest BCUT2D eigenvalue weighted by Crippen LogP contribution is -2.45. The molecular formula is C19H26N6O2. The summed E-state index contributed by atoms with van der Waals surface area (Å²) in [6, 6.07) is 3.10. The zero-order chi connectivity index (χ0) is 19.2. The maximum atomic E-state index is 13.0. The summed E-state index contributed by atoms with van der Waals surface area (Å²) in [7, 11) is 0. The van der Waals surface area contributed by atoms with Crippen LogP contribution >= 0.6 is 0 Å². The predicted molar refractivity (Wildman–Crippen MR) is 101 cm³/mol. The molecule has 2 amide bonds. The molecule has 0 aromatic carbocycles. The fourth-order valence-electron chi connectivity index (χ4n) is 3.53. The van der Waals surface area contributed by atoms with Crippen molar-refractivity contribution in [1.82, 2.24) is 30.1 Å². The number of hydrogen-bond acceptors (Lipinski definition) is 5. The Labute approximate surface area is 159 Å². The lowest BCUT2D eigenvalue weighted by atomic mass is 10.1. The Balaban J connectivity index is 1.72. The van der Waals surface area contributed by atoms with Gasteiger partial charge in [0.25, 0.3) is 5.91 Å². The zero-order valence-corrected chi connectivity index (χ0v) is 15.8. The Morgan fingerprint density at radius 3 is 2.78 bits per heavy atom. The second-order valence-corrected chi connectivity index (χ2v) is 6.64. The minimum absolute atomic E-state index is 0.0998. The van der Waals surface area contributed by atoms with Crippen LogP contribution in [0.15, 0.2) is 36.9 Å². The van der Waals surface area contributed by atoms with Gasteiger partial charge in [-0.15, -0.1) is 0 Å². The van der Waals surface area contributed by atoms with Crippen LogP contribution in [0.25, 0.3) is 0 Å². The summed E-state index contributed by atoms with van der Waals surface area (Å²) >= 11 is 0. The second-order valence-electron chi connectivity index (χ2n) is 6.64. The molecule has 0 saturated carbocycles. The summed E-state index contributed by atoms with van der Waals surface area (Å²) in [6.45, 7) is 6.46. The van der Waals surface area contributed by atoms with Crippen LogP contribution < -0.4 is 5.32 Å². The molecule has 3 heterocycles. The second kappa shape index (κ2) is 8.77. The number of H-pyrrole nitrogens is 1. The van der Waals surface area contributed by atoms with Crippen molar-refractivity contribution in [3.63, 3.8) is 0 Å². The Morgan fingerprint density at radius 2 is 2.15 bits per heavy atom. The van der Waals surface area contributed by atoms with Crippen molar-refractivity contribution in [2.75, 3.05) is 19.6 Å². The average molecular weight is 370 g/mol. The monoisotopic (exact) mass is 370 g/mol. The number of pyridine rings is 1. The molecule has 1 aliphatic heterocycles. The van der Waals surface area contributed by atoms with Crippen LogP contribution in [0.2, 0.25) is 0 Å². The van der Waals surface area contributed by atoms with Crippen molar-refractivity contribution in [3.05, 3.63) is 48.3 Å². The number of hydrogen-bond donors (Lipinski definition) is 2. The van der Waals surface area contributed by atoms with E-state index < -0.39 is 0 Å². The minimum atomic E-state index is -0.269. The summed E-state index contributed by atoms with van der Waals surface area (Å²) in [5, 5.41) is 3.04. The number of carbonyl (C=O) groups excluding carboxylic acids is 2. The van der Waals surface area contributed by atoms with Gasteiger partial charge >= 0.3 is 0 Å². The van der Waals surface area contributed by atoms with Gasteiger partial charge in [0.1, 0.15) is 5.82 Å². The highest BCUT2D eigenvalue weighted by Crippen LogP contribution is 2.22. The number of nitrogens with one attached hydrogen (secondary N) is 2. The molecule has 0 radical (unpaired) electrons. The summed E-state index contributed by atoms with van der Waals surface area (Å²) in [4.78, 5) is 40.7. The average Bonchev–Trinajstić information content (AvgIpc) is 3.33. The van der Waals surface area contributed by atoms with Gasteiger partial charge in [-0.1, -0.05) is 0 Å². The number of aromatic nitrogens is 3. The molecule has 1 fully saturated rings. The molecule has 144 valence electrons. The Bertz CT molecular complexity index is 745. The van der Waals surface area contributed by atoms with Gasteiger partial charge in [0, 0.05) is 50.5 Å². The van der Waals surface area contributed by atoms with E-state index in [-0.39, 0.29) is 23.9 Å². The van der Waals surface area contributed by atoms with Crippen LogP contribution in [-0.2, 0) is 11.3 Å². The van der Waals surface area contributed by atoms with E-state index in [0.29, 0.717) is 38.2 Å². The number of rotatable bonds is 7. The molecule has 0 spiro atoms. The van der Waals surface area contributed by atoms with E-state index in [1.807, 2.05) is 18.7 Å². The molecule has 8 nitrogen and oxygen atoms in total. The zero-order valence-electron chi connectivity index (χ0n) is 15.8. The number of likely N-dealkylation sites (tertiary alicyclic amines) is 1. The van der Waals surface area contributed by atoms with Crippen molar-refractivity contribution in [2.24, 2.45) is 0 Å². The molecule has 1 saturated heterocycles. The number of amides is 2. The Kier molecular flexibility index (Phi) is 6.18. The summed E-state index contributed by atoms with van der Waals surface area (Å²) in [5.41, 5.74) is 0.522. The van der Waals surface area contributed by atoms with E-state index in [9.17, 15) is 9.59 Å². The fourth-order valence-corrected chi connectivity index (χ4v) is 3.53. The van der Waals surface area contributed by atoms with Gasteiger partial charge < -0.3 is 15.2 Å². The lowest BCUT2D eigenvalue weighted by Gasteiger charge is -2.28. The molecule has 0 bridgehead atoms. The number of aromatic amines is 1. The molecule has 0 unspecified atom stereocenters. The summed E-state index contributed by atoms with van der Waals surface area (Å²) < 4.78 is 0. The molecule has 8 heteroatoms. The SMILES string of the molecule is CCN(CC)C(=O)[C@@H]1C[C@H](NC(=O)c2cccnc2)CN1Cc1ncc[nH]1. The van der Waals surface area contributed by atoms with Crippen LogP contribution in [0.1, 0.15) is 36.5 Å². The molecule has 2 atom stereocenters. The number of likely N-dealkylation sites (N-methyl/N-ethyl adjacent to an activating group) is 1. The standard InChI is InChI=1S/C19H26N6O2/c1-3-24(4-2)19(27)16-10-15(12-25(16)13-17-21-8-9-22-17)23-18(26)14-6-5-7-20-11-14/h5-9,11,15-16H,3-4,10,12-13H2,1-2H3,(H,21,22)(H,23,26)/t15-,16-/m0/s1. The van der Waals surface area contributed by atoms with Crippen LogP contribution in [0.4, 0.5) is 0 Å². The van der Waals surface area contributed by atoms with E-state index in [0.717, 1.165) is 5.82 Å². The van der Waals surface area contributed by atoms with Gasteiger partial charge in [-0.3, -0.25) is 19.5 Å². The van der Waals surface area contributed by atoms with Crippen molar-refractivity contribution in [2.45, 2.75) is 38.9 Å². The smallest absolute Gasteiger partial charge is 0.253 e. The number of nitrogens with zero attached hydrogens (tertiary/aromatic N) is 4. The predicted octanol–water partition coefficient (Wildman–Crippen LogP) is 1.05. The third kappa shape index (κ3) is 4.51. The Hall–Kier alpha value is -2.74. The van der Waals surface area contributed by atoms with Crippen molar-refractivity contribution >= 4 is 11.8 Å². The molecule has 2 aromatic rings. The lowest BCUT2D eigenvalue weighted by molar-refractivity contribution is -0.135. The van der Waals surface area contributed by atoms with E-state index in [1.54, 1.807) is 36.9 Å². The molecule has 0 aliphatic carbocycles. The maximum absolute atomic E-state index is 13.0. The fraction of sp³-hybridized carbons (Fsp3) is 0.474. The first-order valence-corrected chi connectivity index (χ1v) is 9.34. The number of carbonyl (C=O) groups is 2.